The summed E-state index contributed by atoms with van der Waals surface area (Å²) in [7, 11) is 0. The minimum absolute atomic E-state index is 0.349. The summed E-state index contributed by atoms with van der Waals surface area (Å²) >= 11 is 0. The van der Waals surface area contributed by atoms with Crippen LogP contribution in [0, 0.1) is 13.8 Å². The number of ether oxygens (including phenoxy) is 2. The Labute approximate surface area is 96.5 Å². The first-order valence-electron chi connectivity index (χ1n) is 5.82. The first-order chi connectivity index (χ1) is 7.74. The van der Waals surface area contributed by atoms with E-state index < -0.39 is 0 Å². The van der Waals surface area contributed by atoms with Crippen LogP contribution in [0.25, 0.3) is 0 Å². The predicted molar refractivity (Wildman–Crippen MR) is 64.0 cm³/mol. The van der Waals surface area contributed by atoms with Crippen LogP contribution in [0.2, 0.25) is 0 Å². The van der Waals surface area contributed by atoms with Gasteiger partial charge in [-0.3, -0.25) is 0 Å². The molecular formula is C13H19NO2. The van der Waals surface area contributed by atoms with E-state index in [2.05, 4.69) is 19.9 Å². The average molecular weight is 221 g/mol. The molecule has 0 aliphatic carbocycles. The number of hydrogen-bond donors (Lipinski definition) is 1. The van der Waals surface area contributed by atoms with Crippen molar-refractivity contribution in [3.8, 4) is 11.5 Å². The van der Waals surface area contributed by atoms with Crippen LogP contribution in [0.5, 0.6) is 11.5 Å². The number of rotatable bonds is 4. The number of benzene rings is 1. The molecule has 3 heteroatoms. The van der Waals surface area contributed by atoms with Crippen molar-refractivity contribution in [2.75, 3.05) is 13.3 Å². The molecule has 16 heavy (non-hydrogen) atoms. The van der Waals surface area contributed by atoms with Crippen molar-refractivity contribution in [3.05, 3.63) is 22.8 Å². The molecule has 0 saturated carbocycles. The Kier molecular flexibility index (Phi) is 3.34. The SMILES string of the molecule is Cc1c(CCCCN)cc2c(c1C)OCO2. The Hall–Kier alpha value is -1.22. The fourth-order valence-electron chi connectivity index (χ4n) is 2.09. The number of hydrogen-bond acceptors (Lipinski definition) is 3. The topological polar surface area (TPSA) is 44.5 Å². The molecule has 1 heterocycles. The molecule has 1 aromatic rings. The fourth-order valence-corrected chi connectivity index (χ4v) is 2.09. The van der Waals surface area contributed by atoms with Gasteiger partial charge >= 0.3 is 0 Å². The van der Waals surface area contributed by atoms with Gasteiger partial charge in [-0.05, 0) is 62.4 Å². The highest BCUT2D eigenvalue weighted by Gasteiger charge is 2.19. The smallest absolute Gasteiger partial charge is 0.231 e. The molecule has 0 fully saturated rings. The van der Waals surface area contributed by atoms with Crippen molar-refractivity contribution in [2.45, 2.75) is 33.1 Å². The molecule has 0 aromatic heterocycles. The molecule has 88 valence electrons. The van der Waals surface area contributed by atoms with Crippen molar-refractivity contribution in [3.63, 3.8) is 0 Å². The van der Waals surface area contributed by atoms with Crippen molar-refractivity contribution in [1.29, 1.82) is 0 Å². The molecule has 2 rings (SSSR count). The average Bonchev–Trinajstić information content (AvgIpc) is 2.73. The van der Waals surface area contributed by atoms with Gasteiger partial charge in [0.25, 0.3) is 0 Å². The van der Waals surface area contributed by atoms with Gasteiger partial charge in [0.15, 0.2) is 11.5 Å². The zero-order chi connectivity index (χ0) is 11.5. The zero-order valence-electron chi connectivity index (χ0n) is 10.0. The highest BCUT2D eigenvalue weighted by Crippen LogP contribution is 2.39. The van der Waals surface area contributed by atoms with Gasteiger partial charge in [-0.25, -0.2) is 0 Å². The molecule has 0 spiro atoms. The lowest BCUT2D eigenvalue weighted by molar-refractivity contribution is 0.173. The summed E-state index contributed by atoms with van der Waals surface area (Å²) in [5, 5.41) is 0. The fraction of sp³-hybridized carbons (Fsp3) is 0.538. The summed E-state index contributed by atoms with van der Waals surface area (Å²) in [5.74, 6) is 1.81. The Morgan fingerprint density at radius 1 is 1.19 bits per heavy atom. The van der Waals surface area contributed by atoms with Crippen LogP contribution >= 0.6 is 0 Å². The third-order valence-corrected chi connectivity index (χ3v) is 3.23. The maximum absolute atomic E-state index is 5.51. The first kappa shape index (κ1) is 11.3. The lowest BCUT2D eigenvalue weighted by atomic mass is 9.97. The third kappa shape index (κ3) is 2.00. The molecule has 0 atom stereocenters. The van der Waals surface area contributed by atoms with E-state index in [1.165, 1.54) is 16.7 Å². The summed E-state index contributed by atoms with van der Waals surface area (Å²) in [5.41, 5.74) is 9.39. The van der Waals surface area contributed by atoms with Gasteiger partial charge in [0.05, 0.1) is 0 Å². The van der Waals surface area contributed by atoms with E-state index in [-0.39, 0.29) is 0 Å². The maximum atomic E-state index is 5.51. The van der Waals surface area contributed by atoms with Crippen LogP contribution < -0.4 is 15.2 Å². The summed E-state index contributed by atoms with van der Waals surface area (Å²) in [6.07, 6.45) is 3.28. The Morgan fingerprint density at radius 2 is 2.00 bits per heavy atom. The second-order valence-electron chi connectivity index (χ2n) is 4.27. The molecule has 1 aliphatic rings. The van der Waals surface area contributed by atoms with Gasteiger partial charge in [0, 0.05) is 0 Å². The van der Waals surface area contributed by atoms with Crippen LogP contribution in [0.4, 0.5) is 0 Å². The number of unbranched alkanes of at least 4 members (excludes halogenated alkanes) is 1. The van der Waals surface area contributed by atoms with Crippen LogP contribution in [-0.4, -0.2) is 13.3 Å². The van der Waals surface area contributed by atoms with E-state index in [4.69, 9.17) is 15.2 Å². The van der Waals surface area contributed by atoms with Gasteiger partial charge in [0.1, 0.15) is 0 Å². The van der Waals surface area contributed by atoms with Crippen LogP contribution in [-0.2, 0) is 6.42 Å². The molecule has 0 saturated heterocycles. The lowest BCUT2D eigenvalue weighted by Gasteiger charge is -2.11. The maximum Gasteiger partial charge on any atom is 0.231 e. The molecule has 2 N–H and O–H groups in total. The first-order valence-corrected chi connectivity index (χ1v) is 5.82. The van der Waals surface area contributed by atoms with E-state index in [1.807, 2.05) is 0 Å². The summed E-state index contributed by atoms with van der Waals surface area (Å²) in [6.45, 7) is 5.36. The quantitative estimate of drug-likeness (QED) is 0.793. The van der Waals surface area contributed by atoms with Crippen molar-refractivity contribution in [1.82, 2.24) is 0 Å². The molecule has 3 nitrogen and oxygen atoms in total. The number of aryl methyl sites for hydroxylation is 1. The van der Waals surface area contributed by atoms with Crippen molar-refractivity contribution >= 4 is 0 Å². The minimum atomic E-state index is 0.349. The van der Waals surface area contributed by atoms with Crippen LogP contribution in [0.3, 0.4) is 0 Å². The van der Waals surface area contributed by atoms with Gasteiger partial charge in [-0.1, -0.05) is 0 Å². The summed E-state index contributed by atoms with van der Waals surface area (Å²) in [6, 6.07) is 2.11. The highest BCUT2D eigenvalue weighted by atomic mass is 16.7. The van der Waals surface area contributed by atoms with Crippen LogP contribution in [0.1, 0.15) is 29.5 Å². The largest absolute Gasteiger partial charge is 0.454 e. The Balaban J connectivity index is 2.22. The van der Waals surface area contributed by atoms with Crippen molar-refractivity contribution < 1.29 is 9.47 Å². The third-order valence-electron chi connectivity index (χ3n) is 3.23. The monoisotopic (exact) mass is 221 g/mol. The molecule has 0 bridgehead atoms. The van der Waals surface area contributed by atoms with Gasteiger partial charge < -0.3 is 15.2 Å². The normalized spacial score (nSPS) is 13.2. The van der Waals surface area contributed by atoms with E-state index in [9.17, 15) is 0 Å². The molecule has 0 unspecified atom stereocenters. The van der Waals surface area contributed by atoms with E-state index in [0.717, 1.165) is 37.3 Å². The number of fused-ring (bicyclic) bond motifs is 1. The standard InChI is InChI=1S/C13H19NO2/c1-9-10(2)13-12(15-8-16-13)7-11(9)5-3-4-6-14/h7H,3-6,8,14H2,1-2H3. The minimum Gasteiger partial charge on any atom is -0.454 e. The molecule has 0 amide bonds. The molecule has 1 aromatic carbocycles. The van der Waals surface area contributed by atoms with Gasteiger partial charge in [0.2, 0.25) is 6.79 Å². The van der Waals surface area contributed by atoms with E-state index in [0.29, 0.717) is 6.79 Å². The van der Waals surface area contributed by atoms with E-state index >= 15 is 0 Å². The molecular weight excluding hydrogens is 202 g/mol. The van der Waals surface area contributed by atoms with Gasteiger partial charge in [-0.2, -0.15) is 0 Å². The molecule has 1 aliphatic heterocycles. The molecule has 0 radical (unpaired) electrons. The Bertz CT molecular complexity index is 388. The predicted octanol–water partition coefficient (Wildman–Crippen LogP) is 2.31. The summed E-state index contributed by atoms with van der Waals surface area (Å²) < 4.78 is 10.9. The van der Waals surface area contributed by atoms with Crippen molar-refractivity contribution in [2.24, 2.45) is 5.73 Å². The van der Waals surface area contributed by atoms with Crippen LogP contribution in [0.15, 0.2) is 6.07 Å². The number of nitrogens with two attached hydrogens (primary N) is 1. The zero-order valence-corrected chi connectivity index (χ0v) is 10.0. The Morgan fingerprint density at radius 3 is 2.75 bits per heavy atom. The lowest BCUT2D eigenvalue weighted by Crippen LogP contribution is -2.00. The second-order valence-corrected chi connectivity index (χ2v) is 4.27. The van der Waals surface area contributed by atoms with Gasteiger partial charge in [-0.15, -0.1) is 0 Å². The highest BCUT2D eigenvalue weighted by molar-refractivity contribution is 5.54. The summed E-state index contributed by atoms with van der Waals surface area (Å²) in [4.78, 5) is 0. The second kappa shape index (κ2) is 4.74. The van der Waals surface area contributed by atoms with E-state index in [1.54, 1.807) is 0 Å².